The number of thiazole rings is 1. The van der Waals surface area contributed by atoms with E-state index >= 15 is 0 Å². The summed E-state index contributed by atoms with van der Waals surface area (Å²) >= 11 is 0.804. The summed E-state index contributed by atoms with van der Waals surface area (Å²) in [4.78, 5) is 36.3. The maximum atomic E-state index is 14.2. The smallest absolute Gasteiger partial charge is 0.365 e. The summed E-state index contributed by atoms with van der Waals surface area (Å²) in [5.41, 5.74) is -1.82. The summed E-state index contributed by atoms with van der Waals surface area (Å²) < 4.78 is 42.6. The van der Waals surface area contributed by atoms with E-state index in [2.05, 4.69) is 20.6 Å². The van der Waals surface area contributed by atoms with Crippen LogP contribution in [-0.2, 0) is 6.18 Å². The molecule has 4 rings (SSSR count). The molecule has 1 atom stereocenters. The first-order valence-corrected chi connectivity index (χ1v) is 12.6. The molecule has 2 amide bonds. The van der Waals surface area contributed by atoms with Crippen LogP contribution >= 0.6 is 11.3 Å². The lowest BCUT2D eigenvalue weighted by Gasteiger charge is -2.25. The Morgan fingerprint density at radius 3 is 2.40 bits per heavy atom. The molecular formula is C24H30F3N5O2S. The van der Waals surface area contributed by atoms with Gasteiger partial charge in [0.05, 0.1) is 10.4 Å². The lowest BCUT2D eigenvalue weighted by Crippen LogP contribution is -2.39. The minimum absolute atomic E-state index is 0.00925. The van der Waals surface area contributed by atoms with Crippen LogP contribution in [0, 0.1) is 0 Å². The SMILES string of the molecule is CC1CCCN1C(=O)c1nc(C(=O)NC2CCC2)sc1-c1cnc(NC(C)(C)C)cc1C(F)(F)F. The third kappa shape index (κ3) is 5.60. The molecule has 2 N–H and O–H groups in total. The summed E-state index contributed by atoms with van der Waals surface area (Å²) in [7, 11) is 0. The van der Waals surface area contributed by atoms with Gasteiger partial charge in [-0.05, 0) is 65.9 Å². The number of alkyl halides is 3. The number of carbonyl (C=O) groups is 2. The van der Waals surface area contributed by atoms with Crippen LogP contribution < -0.4 is 10.6 Å². The van der Waals surface area contributed by atoms with Crippen LogP contribution in [0.1, 0.15) is 85.7 Å². The number of nitrogens with one attached hydrogen (secondary N) is 2. The van der Waals surface area contributed by atoms with Crippen LogP contribution in [0.15, 0.2) is 12.3 Å². The molecule has 1 aliphatic heterocycles. The largest absolute Gasteiger partial charge is 0.417 e. The minimum atomic E-state index is -4.70. The molecule has 2 aliphatic rings. The van der Waals surface area contributed by atoms with Crippen molar-refractivity contribution in [3.05, 3.63) is 28.5 Å². The summed E-state index contributed by atoms with van der Waals surface area (Å²) in [6.45, 7) is 7.86. The van der Waals surface area contributed by atoms with Crippen LogP contribution in [0.4, 0.5) is 19.0 Å². The third-order valence-corrected chi connectivity index (χ3v) is 7.32. The molecule has 3 heterocycles. The zero-order valence-electron chi connectivity index (χ0n) is 20.3. The molecule has 2 aromatic heterocycles. The molecule has 190 valence electrons. The molecular weight excluding hydrogens is 479 g/mol. The van der Waals surface area contributed by atoms with Crippen molar-refractivity contribution in [1.82, 2.24) is 20.2 Å². The predicted molar refractivity (Wildman–Crippen MR) is 129 cm³/mol. The lowest BCUT2D eigenvalue weighted by atomic mass is 9.93. The van der Waals surface area contributed by atoms with Gasteiger partial charge in [-0.2, -0.15) is 13.2 Å². The third-order valence-electron chi connectivity index (χ3n) is 6.24. The number of likely N-dealkylation sites (tertiary alicyclic amines) is 1. The van der Waals surface area contributed by atoms with Crippen LogP contribution in [0.25, 0.3) is 10.4 Å². The molecule has 1 unspecified atom stereocenters. The molecule has 2 aromatic rings. The maximum absolute atomic E-state index is 14.2. The molecule has 11 heteroatoms. The molecule has 0 spiro atoms. The summed E-state index contributed by atoms with van der Waals surface area (Å²) in [5, 5.41) is 5.79. The first-order chi connectivity index (χ1) is 16.3. The maximum Gasteiger partial charge on any atom is 0.417 e. The Bertz CT molecular complexity index is 1120. The van der Waals surface area contributed by atoms with Gasteiger partial charge in [0.25, 0.3) is 11.8 Å². The highest BCUT2D eigenvalue weighted by Crippen LogP contribution is 2.42. The highest BCUT2D eigenvalue weighted by Gasteiger charge is 2.38. The van der Waals surface area contributed by atoms with Gasteiger partial charge in [-0.1, -0.05) is 0 Å². The monoisotopic (exact) mass is 509 g/mol. The Hall–Kier alpha value is -2.69. The number of amides is 2. The van der Waals surface area contributed by atoms with Crippen LogP contribution in [0.5, 0.6) is 0 Å². The van der Waals surface area contributed by atoms with Crippen LogP contribution in [0.2, 0.25) is 0 Å². The van der Waals surface area contributed by atoms with Crippen LogP contribution in [-0.4, -0.2) is 50.8 Å². The van der Waals surface area contributed by atoms with E-state index in [0.717, 1.165) is 55.7 Å². The molecule has 0 bridgehead atoms. The van der Waals surface area contributed by atoms with E-state index in [9.17, 15) is 22.8 Å². The number of pyridine rings is 1. The molecule has 0 aromatic carbocycles. The molecule has 1 aliphatic carbocycles. The lowest BCUT2D eigenvalue weighted by molar-refractivity contribution is -0.137. The molecule has 1 saturated heterocycles. The Labute approximate surface area is 206 Å². The van der Waals surface area contributed by atoms with Crippen molar-refractivity contribution >= 4 is 29.0 Å². The topological polar surface area (TPSA) is 87.2 Å². The minimum Gasteiger partial charge on any atom is -0.365 e. The van der Waals surface area contributed by atoms with Gasteiger partial charge in [0.1, 0.15) is 11.5 Å². The van der Waals surface area contributed by atoms with E-state index in [1.54, 1.807) is 4.90 Å². The number of aromatic nitrogens is 2. The van der Waals surface area contributed by atoms with Crippen molar-refractivity contribution in [2.45, 2.75) is 83.6 Å². The second kappa shape index (κ2) is 9.40. The highest BCUT2D eigenvalue weighted by atomic mass is 32.1. The number of carbonyl (C=O) groups excluding carboxylic acids is 2. The van der Waals surface area contributed by atoms with Gasteiger partial charge in [0, 0.05) is 35.9 Å². The van der Waals surface area contributed by atoms with Crippen molar-refractivity contribution in [2.75, 3.05) is 11.9 Å². The molecule has 1 saturated carbocycles. The fraction of sp³-hybridized carbons (Fsp3) is 0.583. The van der Waals surface area contributed by atoms with E-state index in [1.807, 2.05) is 27.7 Å². The average Bonchev–Trinajstić information content (AvgIpc) is 3.35. The second-order valence-corrected chi connectivity index (χ2v) is 11.3. The molecule has 35 heavy (non-hydrogen) atoms. The second-order valence-electron chi connectivity index (χ2n) is 10.3. The Morgan fingerprint density at radius 2 is 1.86 bits per heavy atom. The van der Waals surface area contributed by atoms with Crippen LogP contribution in [0.3, 0.4) is 0 Å². The van der Waals surface area contributed by atoms with Crippen molar-refractivity contribution in [2.24, 2.45) is 0 Å². The van der Waals surface area contributed by atoms with Gasteiger partial charge in [-0.15, -0.1) is 11.3 Å². The number of halogens is 3. The predicted octanol–water partition coefficient (Wildman–Crippen LogP) is 5.34. The van der Waals surface area contributed by atoms with E-state index in [4.69, 9.17) is 0 Å². The number of hydrogen-bond donors (Lipinski definition) is 2. The van der Waals surface area contributed by atoms with E-state index in [1.165, 1.54) is 0 Å². The zero-order chi connectivity index (χ0) is 25.5. The van der Waals surface area contributed by atoms with E-state index in [-0.39, 0.29) is 39.0 Å². The van der Waals surface area contributed by atoms with Crippen molar-refractivity contribution in [3.63, 3.8) is 0 Å². The Kier molecular flexibility index (Phi) is 6.82. The number of anilines is 1. The van der Waals surface area contributed by atoms with Gasteiger partial charge in [0.15, 0.2) is 5.01 Å². The molecule has 2 fully saturated rings. The van der Waals surface area contributed by atoms with Gasteiger partial charge in [-0.25, -0.2) is 9.97 Å². The first kappa shape index (κ1) is 25.4. The summed E-state index contributed by atoms with van der Waals surface area (Å²) in [6.07, 6.45) is 0.748. The number of hydrogen-bond acceptors (Lipinski definition) is 6. The zero-order valence-corrected chi connectivity index (χ0v) is 21.1. The van der Waals surface area contributed by atoms with Crippen molar-refractivity contribution < 1.29 is 22.8 Å². The highest BCUT2D eigenvalue weighted by molar-refractivity contribution is 7.17. The molecule has 7 nitrogen and oxygen atoms in total. The average molecular weight is 510 g/mol. The summed E-state index contributed by atoms with van der Waals surface area (Å²) in [6, 6.07) is 0.923. The quantitative estimate of drug-likeness (QED) is 0.568. The number of nitrogens with zero attached hydrogens (tertiary/aromatic N) is 3. The fourth-order valence-corrected chi connectivity index (χ4v) is 5.22. The van der Waals surface area contributed by atoms with E-state index < -0.39 is 29.1 Å². The van der Waals surface area contributed by atoms with Crippen molar-refractivity contribution in [3.8, 4) is 10.4 Å². The Morgan fingerprint density at radius 1 is 1.14 bits per heavy atom. The van der Waals surface area contributed by atoms with Gasteiger partial charge in [0.2, 0.25) is 0 Å². The molecule has 0 radical (unpaired) electrons. The van der Waals surface area contributed by atoms with Crippen molar-refractivity contribution in [1.29, 1.82) is 0 Å². The number of rotatable bonds is 5. The van der Waals surface area contributed by atoms with Gasteiger partial charge in [-0.3, -0.25) is 9.59 Å². The normalized spacial score (nSPS) is 18.9. The fourth-order valence-electron chi connectivity index (χ4n) is 4.24. The van der Waals surface area contributed by atoms with Gasteiger partial charge < -0.3 is 15.5 Å². The summed E-state index contributed by atoms with van der Waals surface area (Å²) in [5.74, 6) is -0.863. The first-order valence-electron chi connectivity index (χ1n) is 11.8. The van der Waals surface area contributed by atoms with E-state index in [0.29, 0.717) is 6.54 Å². The van der Waals surface area contributed by atoms with Gasteiger partial charge >= 0.3 is 6.18 Å². The Balaban J connectivity index is 1.80. The standard InChI is InChI=1S/C24H30F3N5O2S/c1-13-7-6-10-32(13)22(34)18-19(35-21(30-18)20(33)29-14-8-5-9-14)15-12-28-17(31-23(2,3)4)11-16(15)24(25,26)27/h11-14H,5-10H2,1-4H3,(H,28,31)(H,29,33).